The van der Waals surface area contributed by atoms with Gasteiger partial charge in [-0.3, -0.25) is 4.79 Å². The zero-order valence-corrected chi connectivity index (χ0v) is 12.5. The zero-order valence-electron chi connectivity index (χ0n) is 12.5. The molecule has 2 rings (SSSR count). The molecule has 7 heteroatoms. The molecule has 0 aliphatic heterocycles. The van der Waals surface area contributed by atoms with Gasteiger partial charge in [-0.2, -0.15) is 0 Å². The molecule has 1 fully saturated rings. The number of aromatic nitrogens is 2. The van der Waals surface area contributed by atoms with Gasteiger partial charge in [0.05, 0.1) is 6.61 Å². The van der Waals surface area contributed by atoms with Crippen LogP contribution in [0.15, 0.2) is 0 Å². The summed E-state index contributed by atoms with van der Waals surface area (Å²) in [6.07, 6.45) is 3.08. The first-order valence-corrected chi connectivity index (χ1v) is 7.38. The molecule has 0 atom stereocenters. The molecule has 21 heavy (non-hydrogen) atoms. The fourth-order valence-electron chi connectivity index (χ4n) is 2.12. The average Bonchev–Trinajstić information content (AvgIpc) is 3.19. The van der Waals surface area contributed by atoms with E-state index in [-0.39, 0.29) is 24.0 Å². The number of ether oxygens (including phenoxy) is 1. The van der Waals surface area contributed by atoms with E-state index in [0.717, 1.165) is 12.8 Å². The van der Waals surface area contributed by atoms with Gasteiger partial charge in [-0.25, -0.2) is 9.78 Å². The highest BCUT2D eigenvalue weighted by atomic mass is 16.5. The maximum Gasteiger partial charge on any atom is 0.360 e. The second kappa shape index (κ2) is 6.60. The molecule has 0 radical (unpaired) electrons. The SMILES string of the molecule is CCOC(=O)c1nc(CC)n(CCC(=O)NC2CC2)c1N. The van der Waals surface area contributed by atoms with Gasteiger partial charge in [0.25, 0.3) is 0 Å². The molecule has 116 valence electrons. The third-order valence-electron chi connectivity index (χ3n) is 3.38. The molecule has 0 saturated heterocycles. The molecule has 0 aromatic carbocycles. The van der Waals surface area contributed by atoms with Crippen LogP contribution in [0.3, 0.4) is 0 Å². The summed E-state index contributed by atoms with van der Waals surface area (Å²) in [5, 5.41) is 2.93. The number of hydrogen-bond acceptors (Lipinski definition) is 5. The number of esters is 1. The number of imidazole rings is 1. The Morgan fingerprint density at radius 1 is 1.43 bits per heavy atom. The summed E-state index contributed by atoms with van der Waals surface area (Å²) < 4.78 is 6.65. The maximum atomic E-state index is 11.8. The Morgan fingerprint density at radius 3 is 2.71 bits per heavy atom. The molecule has 1 aromatic rings. The number of nitrogens with one attached hydrogen (secondary N) is 1. The number of nitrogens with zero attached hydrogens (tertiary/aromatic N) is 2. The quantitative estimate of drug-likeness (QED) is 0.727. The Kier molecular flexibility index (Phi) is 4.82. The van der Waals surface area contributed by atoms with Crippen LogP contribution < -0.4 is 11.1 Å². The van der Waals surface area contributed by atoms with E-state index in [2.05, 4.69) is 10.3 Å². The largest absolute Gasteiger partial charge is 0.461 e. The molecule has 1 aliphatic carbocycles. The highest BCUT2D eigenvalue weighted by molar-refractivity contribution is 5.92. The summed E-state index contributed by atoms with van der Waals surface area (Å²) in [7, 11) is 0. The van der Waals surface area contributed by atoms with Gasteiger partial charge >= 0.3 is 5.97 Å². The minimum atomic E-state index is -0.522. The molecule has 3 N–H and O–H groups in total. The predicted octanol–water partition coefficient (Wildman–Crippen LogP) is 0.873. The van der Waals surface area contributed by atoms with Gasteiger partial charge in [0.2, 0.25) is 5.91 Å². The number of hydrogen-bond donors (Lipinski definition) is 2. The fraction of sp³-hybridized carbons (Fsp3) is 0.643. The van der Waals surface area contributed by atoms with Crippen molar-refractivity contribution < 1.29 is 14.3 Å². The third-order valence-corrected chi connectivity index (χ3v) is 3.38. The van der Waals surface area contributed by atoms with Crippen LogP contribution in [0.25, 0.3) is 0 Å². The van der Waals surface area contributed by atoms with Gasteiger partial charge < -0.3 is 20.4 Å². The Bertz CT molecular complexity index is 535. The van der Waals surface area contributed by atoms with E-state index in [1.165, 1.54) is 0 Å². The number of rotatable bonds is 7. The van der Waals surface area contributed by atoms with Crippen LogP contribution in [0.2, 0.25) is 0 Å². The molecule has 1 aliphatic rings. The summed E-state index contributed by atoms with van der Waals surface area (Å²) in [6, 6.07) is 0.346. The van der Waals surface area contributed by atoms with Crippen molar-refractivity contribution in [3.05, 3.63) is 11.5 Å². The lowest BCUT2D eigenvalue weighted by atomic mass is 10.3. The predicted molar refractivity (Wildman–Crippen MR) is 77.8 cm³/mol. The molecule has 0 spiro atoms. The third kappa shape index (κ3) is 3.74. The van der Waals surface area contributed by atoms with Crippen molar-refractivity contribution in [1.82, 2.24) is 14.9 Å². The summed E-state index contributed by atoms with van der Waals surface area (Å²) in [6.45, 7) is 4.35. The first-order valence-electron chi connectivity index (χ1n) is 7.38. The number of carbonyl (C=O) groups excluding carboxylic acids is 2. The Morgan fingerprint density at radius 2 is 2.14 bits per heavy atom. The molecule has 1 aromatic heterocycles. The first-order chi connectivity index (χ1) is 10.1. The maximum absolute atomic E-state index is 11.8. The van der Waals surface area contributed by atoms with E-state index in [0.29, 0.717) is 31.3 Å². The Hall–Kier alpha value is -2.05. The number of anilines is 1. The monoisotopic (exact) mass is 294 g/mol. The number of aryl methyl sites for hydroxylation is 1. The van der Waals surface area contributed by atoms with Gasteiger partial charge in [0, 0.05) is 25.4 Å². The van der Waals surface area contributed by atoms with Crippen LogP contribution in [0.1, 0.15) is 49.4 Å². The minimum absolute atomic E-state index is 0.00494. The normalized spacial score (nSPS) is 14.0. The lowest BCUT2D eigenvalue weighted by Gasteiger charge is -2.09. The second-order valence-corrected chi connectivity index (χ2v) is 5.08. The molecule has 0 bridgehead atoms. The lowest BCUT2D eigenvalue weighted by Crippen LogP contribution is -2.26. The van der Waals surface area contributed by atoms with Gasteiger partial charge in [-0.1, -0.05) is 6.92 Å². The molecule has 1 saturated carbocycles. The zero-order chi connectivity index (χ0) is 15.4. The summed E-state index contributed by atoms with van der Waals surface area (Å²) in [4.78, 5) is 27.8. The van der Waals surface area contributed by atoms with Crippen LogP contribution in [0.5, 0.6) is 0 Å². The Balaban J connectivity index is 2.06. The van der Waals surface area contributed by atoms with Crippen LogP contribution in [0, 0.1) is 0 Å². The van der Waals surface area contributed by atoms with E-state index < -0.39 is 5.97 Å². The summed E-state index contributed by atoms with van der Waals surface area (Å²) in [5.41, 5.74) is 6.11. The Labute approximate surface area is 123 Å². The second-order valence-electron chi connectivity index (χ2n) is 5.08. The lowest BCUT2D eigenvalue weighted by molar-refractivity contribution is -0.121. The van der Waals surface area contributed by atoms with E-state index in [9.17, 15) is 9.59 Å². The standard InChI is InChI=1S/C14H22N4O3/c1-3-10-17-12(14(20)21-4-2)13(15)18(10)8-7-11(19)16-9-5-6-9/h9H,3-8,15H2,1-2H3,(H,16,19). The fourth-order valence-corrected chi connectivity index (χ4v) is 2.12. The molecule has 7 nitrogen and oxygen atoms in total. The highest BCUT2D eigenvalue weighted by Crippen LogP contribution is 2.20. The molecule has 1 heterocycles. The van der Waals surface area contributed by atoms with E-state index >= 15 is 0 Å². The van der Waals surface area contributed by atoms with Crippen molar-refractivity contribution in [2.45, 2.75) is 52.1 Å². The van der Waals surface area contributed by atoms with Crippen LogP contribution >= 0.6 is 0 Å². The van der Waals surface area contributed by atoms with Gasteiger partial charge in [-0.15, -0.1) is 0 Å². The summed E-state index contributed by atoms with van der Waals surface area (Å²) >= 11 is 0. The van der Waals surface area contributed by atoms with E-state index in [1.54, 1.807) is 11.5 Å². The average molecular weight is 294 g/mol. The molecule has 0 unspecified atom stereocenters. The van der Waals surface area contributed by atoms with Gasteiger partial charge in [0.1, 0.15) is 11.6 Å². The van der Waals surface area contributed by atoms with Crippen LogP contribution in [-0.2, 0) is 22.5 Å². The van der Waals surface area contributed by atoms with Crippen molar-refractivity contribution in [1.29, 1.82) is 0 Å². The molecule has 1 amide bonds. The number of nitrogen functional groups attached to an aromatic ring is 1. The van der Waals surface area contributed by atoms with Crippen LogP contribution in [0.4, 0.5) is 5.82 Å². The van der Waals surface area contributed by atoms with E-state index in [1.807, 2.05) is 6.92 Å². The van der Waals surface area contributed by atoms with Crippen molar-refractivity contribution >= 4 is 17.7 Å². The highest BCUT2D eigenvalue weighted by Gasteiger charge is 2.24. The minimum Gasteiger partial charge on any atom is -0.461 e. The van der Waals surface area contributed by atoms with Crippen molar-refractivity contribution in [3.63, 3.8) is 0 Å². The molecular weight excluding hydrogens is 272 g/mol. The van der Waals surface area contributed by atoms with Crippen molar-refractivity contribution in [3.8, 4) is 0 Å². The number of carbonyl (C=O) groups is 2. The van der Waals surface area contributed by atoms with E-state index in [4.69, 9.17) is 10.5 Å². The summed E-state index contributed by atoms with van der Waals surface area (Å²) in [5.74, 6) is 0.440. The number of nitrogens with two attached hydrogens (primary N) is 1. The van der Waals surface area contributed by atoms with Crippen molar-refractivity contribution in [2.75, 3.05) is 12.3 Å². The first kappa shape index (κ1) is 15.3. The van der Waals surface area contributed by atoms with Gasteiger partial charge in [0.15, 0.2) is 5.69 Å². The smallest absolute Gasteiger partial charge is 0.360 e. The van der Waals surface area contributed by atoms with Crippen LogP contribution in [-0.4, -0.2) is 34.1 Å². The molecular formula is C14H22N4O3. The van der Waals surface area contributed by atoms with Gasteiger partial charge in [-0.05, 0) is 19.8 Å². The topological polar surface area (TPSA) is 99.2 Å². The van der Waals surface area contributed by atoms with Crippen molar-refractivity contribution in [2.24, 2.45) is 0 Å². The number of amides is 1.